The number of benzene rings is 1. The standard InChI is InChI=1S/C11H14O3/c1-11(13,8-12)7-9-5-3-4-6-10(9)14-2/h3-6,8,13H,7H2,1-2H3. The Morgan fingerprint density at radius 1 is 1.50 bits per heavy atom. The lowest BCUT2D eigenvalue weighted by molar-refractivity contribution is -0.122. The van der Waals surface area contributed by atoms with Gasteiger partial charge >= 0.3 is 0 Å². The van der Waals surface area contributed by atoms with E-state index in [1.807, 2.05) is 18.2 Å². The average molecular weight is 194 g/mol. The van der Waals surface area contributed by atoms with E-state index in [1.54, 1.807) is 13.2 Å². The van der Waals surface area contributed by atoms with Crippen molar-refractivity contribution in [1.82, 2.24) is 0 Å². The highest BCUT2D eigenvalue weighted by Crippen LogP contribution is 2.21. The quantitative estimate of drug-likeness (QED) is 0.732. The summed E-state index contributed by atoms with van der Waals surface area (Å²) in [5.41, 5.74) is -0.499. The van der Waals surface area contributed by atoms with Crippen molar-refractivity contribution in [2.45, 2.75) is 18.9 Å². The van der Waals surface area contributed by atoms with Crippen molar-refractivity contribution < 1.29 is 14.6 Å². The van der Waals surface area contributed by atoms with Crippen LogP contribution in [0, 0.1) is 0 Å². The van der Waals surface area contributed by atoms with E-state index >= 15 is 0 Å². The van der Waals surface area contributed by atoms with Gasteiger partial charge in [0.2, 0.25) is 0 Å². The Morgan fingerprint density at radius 2 is 2.14 bits per heavy atom. The number of aliphatic hydroxyl groups is 1. The van der Waals surface area contributed by atoms with Crippen LogP contribution in [0.2, 0.25) is 0 Å². The predicted molar refractivity (Wildman–Crippen MR) is 53.4 cm³/mol. The van der Waals surface area contributed by atoms with Gasteiger partial charge in [-0.25, -0.2) is 0 Å². The SMILES string of the molecule is COc1ccccc1CC(C)(O)C=O. The summed E-state index contributed by atoms with van der Waals surface area (Å²) in [6.07, 6.45) is 0.806. The summed E-state index contributed by atoms with van der Waals surface area (Å²) < 4.78 is 5.11. The van der Waals surface area contributed by atoms with Crippen LogP contribution in [0.25, 0.3) is 0 Å². The minimum atomic E-state index is -1.32. The summed E-state index contributed by atoms with van der Waals surface area (Å²) in [6, 6.07) is 7.32. The Hall–Kier alpha value is -1.35. The lowest BCUT2D eigenvalue weighted by Crippen LogP contribution is -2.28. The number of hydrogen-bond acceptors (Lipinski definition) is 3. The summed E-state index contributed by atoms with van der Waals surface area (Å²) in [4.78, 5) is 10.5. The van der Waals surface area contributed by atoms with E-state index in [1.165, 1.54) is 6.92 Å². The summed E-state index contributed by atoms with van der Waals surface area (Å²) in [6.45, 7) is 1.48. The minimum absolute atomic E-state index is 0.264. The van der Waals surface area contributed by atoms with Crippen molar-refractivity contribution in [3.05, 3.63) is 29.8 Å². The second kappa shape index (κ2) is 4.24. The lowest BCUT2D eigenvalue weighted by atomic mass is 9.97. The van der Waals surface area contributed by atoms with E-state index in [4.69, 9.17) is 4.74 Å². The maximum atomic E-state index is 10.5. The topological polar surface area (TPSA) is 46.5 Å². The van der Waals surface area contributed by atoms with Crippen LogP contribution in [-0.2, 0) is 11.2 Å². The normalized spacial score (nSPS) is 14.5. The van der Waals surface area contributed by atoms with Gasteiger partial charge in [-0.15, -0.1) is 0 Å². The Morgan fingerprint density at radius 3 is 2.71 bits per heavy atom. The van der Waals surface area contributed by atoms with E-state index in [2.05, 4.69) is 0 Å². The zero-order valence-corrected chi connectivity index (χ0v) is 8.36. The number of ether oxygens (including phenoxy) is 1. The smallest absolute Gasteiger partial charge is 0.151 e. The van der Waals surface area contributed by atoms with Crippen LogP contribution < -0.4 is 4.74 Å². The molecular weight excluding hydrogens is 180 g/mol. The first-order valence-electron chi connectivity index (χ1n) is 4.39. The van der Waals surface area contributed by atoms with Crippen LogP contribution in [0.4, 0.5) is 0 Å². The first-order valence-corrected chi connectivity index (χ1v) is 4.39. The van der Waals surface area contributed by atoms with Gasteiger partial charge in [-0.05, 0) is 18.6 Å². The van der Waals surface area contributed by atoms with E-state index in [0.29, 0.717) is 12.0 Å². The van der Waals surface area contributed by atoms with Crippen LogP contribution in [0.15, 0.2) is 24.3 Å². The van der Waals surface area contributed by atoms with Gasteiger partial charge in [-0.3, -0.25) is 0 Å². The van der Waals surface area contributed by atoms with Gasteiger partial charge in [0.05, 0.1) is 7.11 Å². The number of aldehydes is 1. The van der Waals surface area contributed by atoms with Crippen LogP contribution in [0.1, 0.15) is 12.5 Å². The zero-order chi connectivity index (χ0) is 10.6. The summed E-state index contributed by atoms with van der Waals surface area (Å²) >= 11 is 0. The second-order valence-electron chi connectivity index (χ2n) is 3.46. The molecule has 1 unspecified atom stereocenters. The highest BCUT2D eigenvalue weighted by atomic mass is 16.5. The molecule has 14 heavy (non-hydrogen) atoms. The number of rotatable bonds is 4. The van der Waals surface area contributed by atoms with E-state index in [0.717, 1.165) is 5.56 Å². The minimum Gasteiger partial charge on any atom is -0.496 e. The fourth-order valence-corrected chi connectivity index (χ4v) is 1.28. The molecule has 76 valence electrons. The molecule has 1 atom stereocenters. The molecule has 0 aliphatic heterocycles. The number of carbonyl (C=O) groups excluding carboxylic acids is 1. The van der Waals surface area contributed by atoms with Gasteiger partial charge in [0.25, 0.3) is 0 Å². The van der Waals surface area contributed by atoms with Crippen LogP contribution in [0.5, 0.6) is 5.75 Å². The predicted octanol–water partition coefficient (Wildman–Crippen LogP) is 1.19. The van der Waals surface area contributed by atoms with Gasteiger partial charge in [0, 0.05) is 6.42 Å². The molecule has 3 nitrogen and oxygen atoms in total. The molecule has 1 aromatic carbocycles. The Bertz CT molecular complexity index is 318. The fraction of sp³-hybridized carbons (Fsp3) is 0.364. The Kier molecular flexibility index (Phi) is 3.25. The molecule has 0 saturated heterocycles. The maximum absolute atomic E-state index is 10.5. The van der Waals surface area contributed by atoms with E-state index in [-0.39, 0.29) is 6.42 Å². The molecule has 0 spiro atoms. The molecule has 0 amide bonds. The van der Waals surface area contributed by atoms with Crippen molar-refractivity contribution in [3.8, 4) is 5.75 Å². The molecule has 0 radical (unpaired) electrons. The zero-order valence-electron chi connectivity index (χ0n) is 8.36. The van der Waals surface area contributed by atoms with Gasteiger partial charge < -0.3 is 14.6 Å². The number of para-hydroxylation sites is 1. The summed E-state index contributed by atoms with van der Waals surface area (Å²) in [5.74, 6) is 0.689. The molecule has 0 fully saturated rings. The van der Waals surface area contributed by atoms with Gasteiger partial charge in [0.1, 0.15) is 11.4 Å². The first-order chi connectivity index (χ1) is 6.59. The third-order valence-electron chi connectivity index (χ3n) is 1.99. The summed E-state index contributed by atoms with van der Waals surface area (Å²) in [5, 5.41) is 9.57. The molecule has 0 aromatic heterocycles. The maximum Gasteiger partial charge on any atom is 0.151 e. The van der Waals surface area contributed by atoms with E-state index in [9.17, 15) is 9.90 Å². The highest BCUT2D eigenvalue weighted by Gasteiger charge is 2.21. The van der Waals surface area contributed by atoms with Crippen molar-refractivity contribution in [2.75, 3.05) is 7.11 Å². The number of hydrogen-bond donors (Lipinski definition) is 1. The molecule has 0 saturated carbocycles. The number of carbonyl (C=O) groups is 1. The van der Waals surface area contributed by atoms with Gasteiger partial charge in [-0.1, -0.05) is 18.2 Å². The molecular formula is C11H14O3. The van der Waals surface area contributed by atoms with Crippen LogP contribution in [-0.4, -0.2) is 24.1 Å². The monoisotopic (exact) mass is 194 g/mol. The third-order valence-corrected chi connectivity index (χ3v) is 1.99. The molecule has 0 heterocycles. The average Bonchev–Trinajstić information content (AvgIpc) is 2.18. The number of methoxy groups -OCH3 is 1. The molecule has 0 bridgehead atoms. The van der Waals surface area contributed by atoms with Gasteiger partial charge in [-0.2, -0.15) is 0 Å². The molecule has 1 aromatic rings. The molecule has 0 aliphatic carbocycles. The largest absolute Gasteiger partial charge is 0.496 e. The highest BCUT2D eigenvalue weighted by molar-refractivity contribution is 5.62. The Labute approximate surface area is 83.3 Å². The Balaban J connectivity index is 2.90. The first kappa shape index (κ1) is 10.7. The molecule has 0 aliphatic rings. The van der Waals surface area contributed by atoms with Crippen molar-refractivity contribution in [2.24, 2.45) is 0 Å². The fourth-order valence-electron chi connectivity index (χ4n) is 1.28. The molecule has 1 rings (SSSR count). The molecule has 1 N–H and O–H groups in total. The van der Waals surface area contributed by atoms with E-state index < -0.39 is 5.60 Å². The lowest BCUT2D eigenvalue weighted by Gasteiger charge is -2.17. The van der Waals surface area contributed by atoms with Gasteiger partial charge in [0.15, 0.2) is 6.29 Å². The summed E-state index contributed by atoms with van der Waals surface area (Å²) in [7, 11) is 1.56. The van der Waals surface area contributed by atoms with Crippen molar-refractivity contribution in [1.29, 1.82) is 0 Å². The van der Waals surface area contributed by atoms with Crippen molar-refractivity contribution >= 4 is 6.29 Å². The van der Waals surface area contributed by atoms with Crippen molar-refractivity contribution in [3.63, 3.8) is 0 Å². The second-order valence-corrected chi connectivity index (χ2v) is 3.46. The van der Waals surface area contributed by atoms with Crippen LogP contribution in [0.3, 0.4) is 0 Å². The van der Waals surface area contributed by atoms with Crippen LogP contribution >= 0.6 is 0 Å². The third kappa shape index (κ3) is 2.57. The molecule has 3 heteroatoms.